The maximum Gasteiger partial charge on any atom is 0.338 e. The molecule has 0 fully saturated rings. The Morgan fingerprint density at radius 3 is 2.18 bits per heavy atom. The van der Waals surface area contributed by atoms with Crippen LogP contribution in [-0.2, 0) is 4.74 Å². The van der Waals surface area contributed by atoms with E-state index in [4.69, 9.17) is 4.74 Å². The van der Waals surface area contributed by atoms with Crippen molar-refractivity contribution in [1.82, 2.24) is 0 Å². The Labute approximate surface area is 143 Å². The first-order valence-corrected chi connectivity index (χ1v) is 7.92. The summed E-state index contributed by atoms with van der Waals surface area (Å²) in [5.74, 6) is -0.362. The van der Waals surface area contributed by atoms with Gasteiger partial charge in [-0.25, -0.2) is 4.79 Å². The highest BCUT2D eigenvalue weighted by atomic mass is 127. The Bertz CT molecular complexity index is 706. The van der Waals surface area contributed by atoms with Gasteiger partial charge in [0.25, 0.3) is 0 Å². The molecule has 114 valence electrons. The molecule has 0 spiro atoms. The van der Waals surface area contributed by atoms with Crippen molar-refractivity contribution in [1.29, 1.82) is 0 Å². The summed E-state index contributed by atoms with van der Waals surface area (Å²) >= 11 is 2.22. The van der Waals surface area contributed by atoms with Crippen molar-refractivity contribution in [3.63, 3.8) is 0 Å². The zero-order valence-electron chi connectivity index (χ0n) is 12.7. The number of esters is 1. The average Bonchev–Trinajstić information content (AvgIpc) is 2.44. The lowest BCUT2D eigenvalue weighted by molar-refractivity contribution is 0.00696. The van der Waals surface area contributed by atoms with Gasteiger partial charge in [-0.3, -0.25) is 0 Å². The molecular formula is C17H17IN2O2. The average molecular weight is 408 g/mol. The predicted octanol–water partition coefficient (Wildman–Crippen LogP) is 5.66. The van der Waals surface area contributed by atoms with Crippen molar-refractivity contribution >= 4 is 39.9 Å². The van der Waals surface area contributed by atoms with Crippen molar-refractivity contribution in [2.45, 2.75) is 26.4 Å². The highest BCUT2D eigenvalue weighted by molar-refractivity contribution is 14.1. The Morgan fingerprint density at radius 2 is 1.59 bits per heavy atom. The number of halogens is 1. The lowest BCUT2D eigenvalue weighted by Gasteiger charge is -2.19. The van der Waals surface area contributed by atoms with Crippen molar-refractivity contribution in [2.75, 3.05) is 0 Å². The van der Waals surface area contributed by atoms with Crippen molar-refractivity contribution in [2.24, 2.45) is 10.2 Å². The van der Waals surface area contributed by atoms with Gasteiger partial charge in [0, 0.05) is 3.57 Å². The SMILES string of the molecule is CC(C)(C)OC(=O)c1cccc(N=Nc2cccc(I)c2)c1. The maximum atomic E-state index is 12.0. The number of carbonyl (C=O) groups is 1. The number of ether oxygens (including phenoxy) is 1. The normalized spacial score (nSPS) is 11.6. The lowest BCUT2D eigenvalue weighted by Crippen LogP contribution is -2.23. The second-order valence-electron chi connectivity index (χ2n) is 5.73. The summed E-state index contributed by atoms with van der Waals surface area (Å²) in [5.41, 5.74) is 1.33. The number of nitrogens with zero attached hydrogens (tertiary/aromatic N) is 2. The van der Waals surface area contributed by atoms with Gasteiger partial charge < -0.3 is 4.74 Å². The van der Waals surface area contributed by atoms with Gasteiger partial charge in [0.15, 0.2) is 0 Å². The third-order valence-electron chi connectivity index (χ3n) is 2.57. The molecule has 5 heteroatoms. The quantitative estimate of drug-likeness (QED) is 0.374. The first-order chi connectivity index (χ1) is 10.3. The fraction of sp³-hybridized carbons (Fsp3) is 0.235. The highest BCUT2D eigenvalue weighted by Crippen LogP contribution is 2.22. The summed E-state index contributed by atoms with van der Waals surface area (Å²) in [6.45, 7) is 5.52. The van der Waals surface area contributed by atoms with E-state index in [0.717, 1.165) is 9.26 Å². The van der Waals surface area contributed by atoms with E-state index in [1.165, 1.54) is 0 Å². The molecule has 0 saturated carbocycles. The third kappa shape index (κ3) is 5.22. The summed E-state index contributed by atoms with van der Waals surface area (Å²) < 4.78 is 6.44. The molecule has 0 aromatic heterocycles. The number of hydrogen-bond acceptors (Lipinski definition) is 4. The minimum absolute atomic E-state index is 0.362. The Kier molecular flexibility index (Phi) is 5.28. The van der Waals surface area contributed by atoms with Gasteiger partial charge in [-0.2, -0.15) is 10.2 Å². The lowest BCUT2D eigenvalue weighted by atomic mass is 10.1. The van der Waals surface area contributed by atoms with Crippen LogP contribution in [0.3, 0.4) is 0 Å². The van der Waals surface area contributed by atoms with E-state index in [1.54, 1.807) is 24.3 Å². The standard InChI is InChI=1S/C17H17IN2O2/c1-17(2,3)22-16(21)12-6-4-8-14(10-12)19-20-15-9-5-7-13(18)11-15/h4-11H,1-3H3. The molecule has 2 rings (SSSR count). The van der Waals surface area contributed by atoms with Crippen LogP contribution in [0.25, 0.3) is 0 Å². The summed E-state index contributed by atoms with van der Waals surface area (Å²) in [6, 6.07) is 14.7. The van der Waals surface area contributed by atoms with Crippen LogP contribution in [0, 0.1) is 3.57 Å². The molecule has 0 radical (unpaired) electrons. The van der Waals surface area contributed by atoms with Crippen LogP contribution >= 0.6 is 22.6 Å². The number of hydrogen-bond donors (Lipinski definition) is 0. The summed E-state index contributed by atoms with van der Waals surface area (Å²) in [7, 11) is 0. The Morgan fingerprint density at radius 1 is 1.00 bits per heavy atom. The first-order valence-electron chi connectivity index (χ1n) is 6.84. The van der Waals surface area contributed by atoms with E-state index < -0.39 is 5.60 Å². The van der Waals surface area contributed by atoms with Crippen molar-refractivity contribution in [3.8, 4) is 0 Å². The minimum Gasteiger partial charge on any atom is -0.456 e. The van der Waals surface area contributed by atoms with E-state index in [-0.39, 0.29) is 5.97 Å². The van der Waals surface area contributed by atoms with E-state index in [2.05, 4.69) is 32.8 Å². The molecule has 0 aliphatic rings. The van der Waals surface area contributed by atoms with Crippen LogP contribution in [-0.4, -0.2) is 11.6 Å². The maximum absolute atomic E-state index is 12.0. The second kappa shape index (κ2) is 7.00. The molecule has 0 unspecified atom stereocenters. The molecule has 0 heterocycles. The van der Waals surface area contributed by atoms with Crippen molar-refractivity contribution < 1.29 is 9.53 Å². The molecule has 4 nitrogen and oxygen atoms in total. The van der Waals surface area contributed by atoms with Gasteiger partial charge in [-0.15, -0.1) is 0 Å². The second-order valence-corrected chi connectivity index (χ2v) is 6.98. The van der Waals surface area contributed by atoms with E-state index in [1.807, 2.05) is 45.0 Å². The molecule has 0 aliphatic carbocycles. The number of carbonyl (C=O) groups excluding carboxylic acids is 1. The van der Waals surface area contributed by atoms with Crippen molar-refractivity contribution in [3.05, 3.63) is 57.7 Å². The van der Waals surface area contributed by atoms with E-state index in [0.29, 0.717) is 11.3 Å². The van der Waals surface area contributed by atoms with Gasteiger partial charge in [-0.1, -0.05) is 12.1 Å². The predicted molar refractivity (Wildman–Crippen MR) is 94.9 cm³/mol. The van der Waals surface area contributed by atoms with Crippen LogP contribution in [0.5, 0.6) is 0 Å². The van der Waals surface area contributed by atoms with Crippen LogP contribution in [0.4, 0.5) is 11.4 Å². The van der Waals surface area contributed by atoms with E-state index >= 15 is 0 Å². The zero-order chi connectivity index (χ0) is 16.2. The molecule has 0 atom stereocenters. The number of rotatable bonds is 3. The smallest absolute Gasteiger partial charge is 0.338 e. The third-order valence-corrected chi connectivity index (χ3v) is 3.24. The van der Waals surface area contributed by atoms with Gasteiger partial charge in [-0.05, 0) is 79.8 Å². The van der Waals surface area contributed by atoms with Gasteiger partial charge in [0.2, 0.25) is 0 Å². The van der Waals surface area contributed by atoms with Crippen LogP contribution < -0.4 is 0 Å². The first kappa shape index (κ1) is 16.6. The monoisotopic (exact) mass is 408 g/mol. The summed E-state index contributed by atoms with van der Waals surface area (Å²) in [4.78, 5) is 12.0. The van der Waals surface area contributed by atoms with E-state index in [9.17, 15) is 4.79 Å². The van der Waals surface area contributed by atoms with Gasteiger partial charge >= 0.3 is 5.97 Å². The van der Waals surface area contributed by atoms with Gasteiger partial charge in [0.1, 0.15) is 5.60 Å². The molecule has 0 N–H and O–H groups in total. The number of azo groups is 1. The summed E-state index contributed by atoms with van der Waals surface area (Å²) in [6.07, 6.45) is 0. The molecule has 2 aromatic carbocycles. The molecule has 0 saturated heterocycles. The molecule has 22 heavy (non-hydrogen) atoms. The largest absolute Gasteiger partial charge is 0.456 e. The minimum atomic E-state index is -0.519. The molecule has 0 amide bonds. The number of benzene rings is 2. The molecule has 0 aliphatic heterocycles. The van der Waals surface area contributed by atoms with Crippen LogP contribution in [0.1, 0.15) is 31.1 Å². The van der Waals surface area contributed by atoms with Gasteiger partial charge in [0.05, 0.1) is 16.9 Å². The van der Waals surface area contributed by atoms with Crippen LogP contribution in [0.2, 0.25) is 0 Å². The topological polar surface area (TPSA) is 51.0 Å². The molecule has 2 aromatic rings. The highest BCUT2D eigenvalue weighted by Gasteiger charge is 2.17. The Balaban J connectivity index is 2.16. The zero-order valence-corrected chi connectivity index (χ0v) is 14.9. The summed E-state index contributed by atoms with van der Waals surface area (Å²) in [5, 5.41) is 8.35. The fourth-order valence-electron chi connectivity index (χ4n) is 1.69. The van der Waals surface area contributed by atoms with Crippen LogP contribution in [0.15, 0.2) is 58.8 Å². The fourth-order valence-corrected chi connectivity index (χ4v) is 2.21. The molecule has 0 bridgehead atoms. The molecular weight excluding hydrogens is 391 g/mol. The Hall–Kier alpha value is -1.76.